The third-order valence-electron chi connectivity index (χ3n) is 5.71. The largest absolute Gasteiger partial charge is 0.457 e. The molecule has 1 N–H and O–H groups in total. The molecule has 0 aliphatic carbocycles. The third-order valence-corrected chi connectivity index (χ3v) is 5.71. The second-order valence-corrected chi connectivity index (χ2v) is 8.07. The van der Waals surface area contributed by atoms with Gasteiger partial charge in [-0.15, -0.1) is 0 Å². The molecule has 0 saturated carbocycles. The zero-order valence-electron chi connectivity index (χ0n) is 21.7. The fourth-order valence-electron chi connectivity index (χ4n) is 3.65. The van der Waals surface area contributed by atoms with Gasteiger partial charge in [0, 0.05) is 36.4 Å². The van der Waals surface area contributed by atoms with Crippen LogP contribution in [0, 0.1) is 0 Å². The number of ketones is 1. The Labute approximate surface area is 220 Å². The summed E-state index contributed by atoms with van der Waals surface area (Å²) in [6.45, 7) is 7.45. The van der Waals surface area contributed by atoms with Crippen LogP contribution in [0.3, 0.4) is 0 Å². The maximum Gasteiger partial charge on any atom is 0.373 e. The number of hydrogen-bond donors (Lipinski definition) is 1. The lowest BCUT2D eigenvalue weighted by Gasteiger charge is -2.32. The number of aromatic nitrogens is 1. The fraction of sp³-hybridized carbons (Fsp3) is 0.321. The number of carbonyl (C=O) groups excluding carboxylic acids is 6. The Morgan fingerprint density at radius 2 is 1.39 bits per heavy atom. The van der Waals surface area contributed by atoms with Crippen LogP contribution in [0.15, 0.2) is 59.2 Å². The molecule has 1 heterocycles. The zero-order chi connectivity index (χ0) is 28.6. The van der Waals surface area contributed by atoms with Gasteiger partial charge < -0.3 is 14.5 Å². The molecule has 0 saturated heterocycles. The number of carbonyl (C=O) groups is 2. The number of oxazole rings is 1. The van der Waals surface area contributed by atoms with E-state index in [1.807, 2.05) is 45.0 Å². The van der Waals surface area contributed by atoms with E-state index in [0.29, 0.717) is 35.8 Å². The number of hydrogen-bond acceptors (Lipinski definition) is 9. The van der Waals surface area contributed by atoms with Gasteiger partial charge in [-0.25, -0.2) is 4.98 Å². The maximum atomic E-state index is 12.8. The lowest BCUT2D eigenvalue weighted by molar-refractivity contribution is -0.193. The molecule has 10 heteroatoms. The van der Waals surface area contributed by atoms with E-state index in [4.69, 9.17) is 28.3 Å². The minimum atomic E-state index is -0.512. The average Bonchev–Trinajstić information content (AvgIpc) is 3.39. The van der Waals surface area contributed by atoms with Crippen LogP contribution in [0.1, 0.15) is 63.2 Å². The second kappa shape index (κ2) is 16.2. The number of benzene rings is 2. The quantitative estimate of drug-likeness (QED) is 0.370. The molecule has 10 nitrogen and oxygen atoms in total. The first-order valence-corrected chi connectivity index (χ1v) is 11.8. The summed E-state index contributed by atoms with van der Waals surface area (Å²) in [7, 11) is 0. The van der Waals surface area contributed by atoms with E-state index in [1.54, 1.807) is 30.5 Å². The molecule has 0 fully saturated rings. The van der Waals surface area contributed by atoms with Crippen molar-refractivity contribution in [3.63, 3.8) is 0 Å². The number of ether oxygens (including phenoxy) is 1. The number of nitrogens with zero attached hydrogens (tertiary/aromatic N) is 1. The summed E-state index contributed by atoms with van der Waals surface area (Å²) in [5, 5.41) is 2.96. The summed E-state index contributed by atoms with van der Waals surface area (Å²) in [5.74, 6) is 1.92. The fourth-order valence-corrected chi connectivity index (χ4v) is 3.65. The Kier molecular flexibility index (Phi) is 13.3. The standard InChI is InChI=1S/C26H30N2O4.2CO2/c1-5-25-27-23(17-31-25)19-8-12-21(13-9-19)32-22-14-10-20(11-15-22)24(30)16-26(6-2,7-3)28-18(4)29;2*2-1-3/h8-15,17H,5-7,16H2,1-4H3,(H,28,29);;. The van der Waals surface area contributed by atoms with Crippen LogP contribution in [0.5, 0.6) is 11.5 Å². The van der Waals surface area contributed by atoms with Crippen LogP contribution >= 0.6 is 0 Å². The Morgan fingerprint density at radius 1 is 0.895 bits per heavy atom. The first-order valence-electron chi connectivity index (χ1n) is 11.8. The van der Waals surface area contributed by atoms with Gasteiger partial charge in [0.25, 0.3) is 0 Å². The van der Waals surface area contributed by atoms with Crippen molar-refractivity contribution in [3.05, 3.63) is 66.2 Å². The minimum Gasteiger partial charge on any atom is -0.457 e. The molecule has 0 bridgehead atoms. The molecule has 0 atom stereocenters. The summed E-state index contributed by atoms with van der Waals surface area (Å²) < 4.78 is 11.3. The molecule has 2 aromatic carbocycles. The average molecular weight is 523 g/mol. The van der Waals surface area contributed by atoms with Gasteiger partial charge in [-0.1, -0.05) is 20.8 Å². The van der Waals surface area contributed by atoms with Crippen molar-refractivity contribution < 1.29 is 37.9 Å². The monoisotopic (exact) mass is 522 g/mol. The van der Waals surface area contributed by atoms with Crippen molar-refractivity contribution in [2.45, 2.75) is 58.9 Å². The number of aryl methyl sites for hydroxylation is 1. The topological polar surface area (TPSA) is 150 Å². The van der Waals surface area contributed by atoms with Crippen LogP contribution < -0.4 is 10.1 Å². The van der Waals surface area contributed by atoms with Gasteiger partial charge in [-0.05, 0) is 61.4 Å². The second-order valence-electron chi connectivity index (χ2n) is 8.07. The van der Waals surface area contributed by atoms with Crippen LogP contribution in [0.4, 0.5) is 0 Å². The van der Waals surface area contributed by atoms with Gasteiger partial charge in [0.05, 0.1) is 0 Å². The Balaban J connectivity index is 0.00000110. The molecule has 38 heavy (non-hydrogen) atoms. The molecule has 1 amide bonds. The molecule has 3 aromatic rings. The van der Waals surface area contributed by atoms with E-state index in [2.05, 4.69) is 10.3 Å². The molecular formula is C28H30N2O8. The smallest absolute Gasteiger partial charge is 0.373 e. The van der Waals surface area contributed by atoms with E-state index < -0.39 is 5.54 Å². The maximum absolute atomic E-state index is 12.8. The third kappa shape index (κ3) is 9.78. The molecule has 0 unspecified atom stereocenters. The summed E-state index contributed by atoms with van der Waals surface area (Å²) >= 11 is 0. The highest BCUT2D eigenvalue weighted by Gasteiger charge is 2.30. The van der Waals surface area contributed by atoms with Crippen molar-refractivity contribution in [1.82, 2.24) is 10.3 Å². The molecule has 0 spiro atoms. The molecule has 0 aliphatic rings. The zero-order valence-corrected chi connectivity index (χ0v) is 21.7. The highest BCUT2D eigenvalue weighted by Crippen LogP contribution is 2.27. The first kappa shape index (κ1) is 31.4. The molecule has 1 aromatic heterocycles. The highest BCUT2D eigenvalue weighted by atomic mass is 16.5. The van der Waals surface area contributed by atoms with Crippen LogP contribution in [0.25, 0.3) is 11.3 Å². The number of nitrogens with one attached hydrogen (secondary N) is 1. The molecule has 0 aliphatic heterocycles. The van der Waals surface area contributed by atoms with Gasteiger partial charge in [0.2, 0.25) is 5.91 Å². The van der Waals surface area contributed by atoms with Gasteiger partial charge in [-0.2, -0.15) is 19.2 Å². The number of rotatable bonds is 10. The van der Waals surface area contributed by atoms with Gasteiger partial charge in [-0.3, -0.25) is 9.59 Å². The van der Waals surface area contributed by atoms with E-state index in [-0.39, 0.29) is 30.4 Å². The van der Waals surface area contributed by atoms with Gasteiger partial charge >= 0.3 is 12.3 Å². The lowest BCUT2D eigenvalue weighted by Crippen LogP contribution is -2.48. The van der Waals surface area contributed by atoms with E-state index >= 15 is 0 Å². The Bertz CT molecular complexity index is 1220. The number of Topliss-reactive ketones (excluding diaryl/α,β-unsaturated/α-hetero) is 1. The molecular weight excluding hydrogens is 492 g/mol. The van der Waals surface area contributed by atoms with Crippen molar-refractivity contribution in [3.8, 4) is 22.8 Å². The normalized spacial score (nSPS) is 9.89. The molecule has 3 rings (SSSR count). The van der Waals surface area contributed by atoms with E-state index in [9.17, 15) is 9.59 Å². The predicted octanol–water partition coefficient (Wildman–Crippen LogP) is 4.80. The van der Waals surface area contributed by atoms with Gasteiger partial charge in [0.1, 0.15) is 23.5 Å². The summed E-state index contributed by atoms with van der Waals surface area (Å²) in [4.78, 5) is 61.3. The van der Waals surface area contributed by atoms with Crippen molar-refractivity contribution in [2.24, 2.45) is 0 Å². The van der Waals surface area contributed by atoms with Crippen molar-refractivity contribution >= 4 is 24.0 Å². The number of amides is 1. The highest BCUT2D eigenvalue weighted by molar-refractivity contribution is 5.97. The van der Waals surface area contributed by atoms with Crippen molar-refractivity contribution in [1.29, 1.82) is 0 Å². The summed E-state index contributed by atoms with van der Waals surface area (Å²) in [5.41, 5.74) is 1.84. The van der Waals surface area contributed by atoms with Crippen LogP contribution in [-0.2, 0) is 30.4 Å². The van der Waals surface area contributed by atoms with E-state index in [1.165, 1.54) is 6.92 Å². The predicted molar refractivity (Wildman–Crippen MR) is 134 cm³/mol. The lowest BCUT2D eigenvalue weighted by atomic mass is 9.85. The molecule has 0 radical (unpaired) electrons. The Hall–Kier alpha value is -4.65. The van der Waals surface area contributed by atoms with Crippen LogP contribution in [0.2, 0.25) is 0 Å². The summed E-state index contributed by atoms with van der Waals surface area (Å²) in [6, 6.07) is 14.7. The van der Waals surface area contributed by atoms with Gasteiger partial charge in [0.15, 0.2) is 11.7 Å². The first-order chi connectivity index (χ1) is 18.2. The van der Waals surface area contributed by atoms with Crippen molar-refractivity contribution in [2.75, 3.05) is 0 Å². The van der Waals surface area contributed by atoms with E-state index in [0.717, 1.165) is 17.7 Å². The Morgan fingerprint density at radius 3 is 1.82 bits per heavy atom. The van der Waals surface area contributed by atoms with Crippen LogP contribution in [-0.4, -0.2) is 34.5 Å². The summed E-state index contributed by atoms with van der Waals surface area (Å²) in [6.07, 6.45) is 4.57. The minimum absolute atomic E-state index is 0.00239. The molecule has 200 valence electrons. The SMILES string of the molecule is CCc1nc(-c2ccc(Oc3ccc(C(=O)CC(CC)(CC)NC(C)=O)cc3)cc2)co1.O=C=O.O=C=O.